The lowest BCUT2D eigenvalue weighted by Gasteiger charge is -2.27. The van der Waals surface area contributed by atoms with Crippen LogP contribution in [0.4, 0.5) is 5.69 Å². The number of hydrogen-bond acceptors (Lipinski definition) is 6. The average molecular weight is 476 g/mol. The molecular weight excluding hydrogens is 450 g/mol. The van der Waals surface area contributed by atoms with Gasteiger partial charge in [-0.25, -0.2) is 8.42 Å². The van der Waals surface area contributed by atoms with E-state index in [9.17, 15) is 18.0 Å². The molecule has 0 radical (unpaired) electrons. The molecule has 8 nitrogen and oxygen atoms in total. The first-order valence-electron chi connectivity index (χ1n) is 9.93. The molecule has 10 heteroatoms. The standard InChI is InChI=1S/C22H25N3O5S2/c1-3-10-23-21(26)17-6-4-5-7-19(17)24-32(28,29)16-8-9-20(31-2)18(15-16)22(27)25-11-13-30-14-12-25/h3-9,15,24H,1,10-14H2,2H3,(H,23,26). The Morgan fingerprint density at radius 3 is 2.56 bits per heavy atom. The quantitative estimate of drug-likeness (QED) is 0.449. The van der Waals surface area contributed by atoms with Crippen molar-refractivity contribution in [1.82, 2.24) is 10.2 Å². The van der Waals surface area contributed by atoms with Crippen LogP contribution in [-0.2, 0) is 14.8 Å². The van der Waals surface area contributed by atoms with Gasteiger partial charge >= 0.3 is 0 Å². The van der Waals surface area contributed by atoms with E-state index in [1.807, 2.05) is 6.26 Å². The number of anilines is 1. The first-order chi connectivity index (χ1) is 15.4. The lowest BCUT2D eigenvalue weighted by atomic mass is 10.1. The zero-order valence-electron chi connectivity index (χ0n) is 17.7. The molecule has 0 aliphatic carbocycles. The minimum absolute atomic E-state index is 0.0618. The van der Waals surface area contributed by atoms with Crippen LogP contribution >= 0.6 is 11.8 Å². The SMILES string of the molecule is C=CCNC(=O)c1ccccc1NS(=O)(=O)c1ccc(SC)c(C(=O)N2CCOCC2)c1. The van der Waals surface area contributed by atoms with E-state index in [0.717, 1.165) is 0 Å². The Hall–Kier alpha value is -2.82. The van der Waals surface area contributed by atoms with Gasteiger partial charge in [-0.1, -0.05) is 18.2 Å². The molecule has 2 aromatic carbocycles. The summed E-state index contributed by atoms with van der Waals surface area (Å²) in [6.45, 7) is 5.61. The summed E-state index contributed by atoms with van der Waals surface area (Å²) in [6.07, 6.45) is 3.36. The van der Waals surface area contributed by atoms with Crippen LogP contribution in [0.3, 0.4) is 0 Å². The lowest BCUT2D eigenvalue weighted by molar-refractivity contribution is 0.0300. The molecule has 2 aromatic rings. The molecule has 0 unspecified atom stereocenters. The third-order valence-corrected chi connectivity index (χ3v) is 6.99. The number of ether oxygens (including phenoxy) is 1. The van der Waals surface area contributed by atoms with Crippen molar-refractivity contribution in [2.45, 2.75) is 9.79 Å². The van der Waals surface area contributed by atoms with Gasteiger partial charge in [0.05, 0.1) is 34.9 Å². The number of carbonyl (C=O) groups is 2. The van der Waals surface area contributed by atoms with Crippen molar-refractivity contribution in [3.05, 3.63) is 66.2 Å². The first kappa shape index (κ1) is 23.8. The second kappa shape index (κ2) is 10.7. The molecule has 3 rings (SSSR count). The van der Waals surface area contributed by atoms with E-state index in [2.05, 4.69) is 16.6 Å². The van der Waals surface area contributed by atoms with Gasteiger partial charge < -0.3 is 15.0 Å². The molecule has 1 aliphatic heterocycles. The maximum absolute atomic E-state index is 13.1. The van der Waals surface area contributed by atoms with Crippen molar-refractivity contribution < 1.29 is 22.7 Å². The molecule has 0 saturated carbocycles. The third-order valence-electron chi connectivity index (χ3n) is 4.83. The second-order valence-corrected chi connectivity index (χ2v) is 9.45. The van der Waals surface area contributed by atoms with Gasteiger partial charge in [0, 0.05) is 24.5 Å². The number of carbonyl (C=O) groups excluding carboxylic acids is 2. The summed E-state index contributed by atoms with van der Waals surface area (Å²) < 4.78 is 34.0. The van der Waals surface area contributed by atoms with E-state index in [4.69, 9.17) is 4.74 Å². The summed E-state index contributed by atoms with van der Waals surface area (Å²) in [5, 5.41) is 2.64. The molecule has 170 valence electrons. The Bertz CT molecular complexity index is 1110. The predicted octanol–water partition coefficient (Wildman–Crippen LogP) is 2.60. The summed E-state index contributed by atoms with van der Waals surface area (Å²) in [5.74, 6) is -0.664. The van der Waals surface area contributed by atoms with Crippen molar-refractivity contribution in [1.29, 1.82) is 0 Å². The summed E-state index contributed by atoms with van der Waals surface area (Å²) in [5.41, 5.74) is 0.645. The average Bonchev–Trinajstić information content (AvgIpc) is 2.82. The van der Waals surface area contributed by atoms with Crippen LogP contribution in [0, 0.1) is 0 Å². The zero-order chi connectivity index (χ0) is 23.1. The fourth-order valence-corrected chi connectivity index (χ4v) is 4.87. The molecule has 0 aromatic heterocycles. The molecule has 0 atom stereocenters. The van der Waals surface area contributed by atoms with Crippen molar-refractivity contribution in [2.75, 3.05) is 43.8 Å². The number of morpholine rings is 1. The third kappa shape index (κ3) is 5.50. The maximum atomic E-state index is 13.1. The van der Waals surface area contributed by atoms with E-state index >= 15 is 0 Å². The highest BCUT2D eigenvalue weighted by Crippen LogP contribution is 2.27. The fraction of sp³-hybridized carbons (Fsp3) is 0.273. The summed E-state index contributed by atoms with van der Waals surface area (Å²) in [6, 6.07) is 10.8. The fourth-order valence-electron chi connectivity index (χ4n) is 3.19. The van der Waals surface area contributed by atoms with Gasteiger partial charge in [0.15, 0.2) is 0 Å². The van der Waals surface area contributed by atoms with Gasteiger partial charge in [-0.15, -0.1) is 18.3 Å². The summed E-state index contributed by atoms with van der Waals surface area (Å²) in [4.78, 5) is 27.7. The van der Waals surface area contributed by atoms with E-state index in [1.165, 1.54) is 42.1 Å². The number of nitrogens with zero attached hydrogens (tertiary/aromatic N) is 1. The Kier molecular flexibility index (Phi) is 7.94. The van der Waals surface area contributed by atoms with E-state index in [-0.39, 0.29) is 28.6 Å². The summed E-state index contributed by atoms with van der Waals surface area (Å²) in [7, 11) is -4.06. The molecule has 0 spiro atoms. The number of amides is 2. The van der Waals surface area contributed by atoms with Crippen LogP contribution < -0.4 is 10.0 Å². The van der Waals surface area contributed by atoms with Crippen LogP contribution in [0.5, 0.6) is 0 Å². The molecule has 1 heterocycles. The molecule has 2 N–H and O–H groups in total. The molecular formula is C22H25N3O5S2. The van der Waals surface area contributed by atoms with Crippen LogP contribution in [0.25, 0.3) is 0 Å². The van der Waals surface area contributed by atoms with Crippen molar-refractivity contribution >= 4 is 39.3 Å². The van der Waals surface area contributed by atoms with Crippen molar-refractivity contribution in [2.24, 2.45) is 0 Å². The van der Waals surface area contributed by atoms with E-state index < -0.39 is 15.9 Å². The number of hydrogen-bond donors (Lipinski definition) is 2. The van der Waals surface area contributed by atoms with Gasteiger partial charge in [0.2, 0.25) is 0 Å². The molecule has 32 heavy (non-hydrogen) atoms. The first-order valence-corrected chi connectivity index (χ1v) is 12.6. The van der Waals surface area contributed by atoms with E-state index in [1.54, 1.807) is 23.1 Å². The normalized spacial score (nSPS) is 14.0. The number of benzene rings is 2. The van der Waals surface area contributed by atoms with Crippen LogP contribution in [0.2, 0.25) is 0 Å². The highest BCUT2D eigenvalue weighted by Gasteiger charge is 2.25. The number of nitrogens with one attached hydrogen (secondary N) is 2. The highest BCUT2D eigenvalue weighted by atomic mass is 32.2. The smallest absolute Gasteiger partial charge is 0.261 e. The maximum Gasteiger partial charge on any atom is 0.261 e. The van der Waals surface area contributed by atoms with Gasteiger partial charge in [0.1, 0.15) is 0 Å². The van der Waals surface area contributed by atoms with Crippen LogP contribution in [0.15, 0.2) is 64.9 Å². The van der Waals surface area contributed by atoms with Gasteiger partial charge in [-0.3, -0.25) is 14.3 Å². The lowest BCUT2D eigenvalue weighted by Crippen LogP contribution is -2.41. The largest absolute Gasteiger partial charge is 0.378 e. The molecule has 2 amide bonds. The topological polar surface area (TPSA) is 105 Å². The second-order valence-electron chi connectivity index (χ2n) is 6.92. The number of rotatable bonds is 8. The minimum atomic E-state index is -4.06. The van der Waals surface area contributed by atoms with Crippen LogP contribution in [-0.4, -0.2) is 64.2 Å². The highest BCUT2D eigenvalue weighted by molar-refractivity contribution is 7.98. The number of para-hydroxylation sites is 1. The Labute approximate surface area is 192 Å². The zero-order valence-corrected chi connectivity index (χ0v) is 19.3. The van der Waals surface area contributed by atoms with Crippen molar-refractivity contribution in [3.8, 4) is 0 Å². The predicted molar refractivity (Wildman–Crippen MR) is 125 cm³/mol. The van der Waals surface area contributed by atoms with Gasteiger partial charge in [-0.2, -0.15) is 0 Å². The van der Waals surface area contributed by atoms with Crippen LogP contribution in [0.1, 0.15) is 20.7 Å². The monoisotopic (exact) mass is 475 g/mol. The van der Waals surface area contributed by atoms with Gasteiger partial charge in [-0.05, 0) is 36.6 Å². The van der Waals surface area contributed by atoms with E-state index in [0.29, 0.717) is 36.8 Å². The minimum Gasteiger partial charge on any atom is -0.378 e. The van der Waals surface area contributed by atoms with Crippen molar-refractivity contribution in [3.63, 3.8) is 0 Å². The molecule has 1 aliphatic rings. The molecule has 1 fully saturated rings. The Balaban J connectivity index is 1.92. The Morgan fingerprint density at radius 1 is 1.16 bits per heavy atom. The molecule has 0 bridgehead atoms. The van der Waals surface area contributed by atoms with Gasteiger partial charge in [0.25, 0.3) is 21.8 Å². The summed E-state index contributed by atoms with van der Waals surface area (Å²) >= 11 is 1.37. The number of thioether (sulfide) groups is 1. The Morgan fingerprint density at radius 2 is 1.88 bits per heavy atom. The number of sulfonamides is 1. The molecule has 1 saturated heterocycles.